The summed E-state index contributed by atoms with van der Waals surface area (Å²) in [5.74, 6) is 0. The quantitative estimate of drug-likeness (QED) is 0.239. The maximum atomic E-state index is 4.53. The summed E-state index contributed by atoms with van der Waals surface area (Å²) in [6.45, 7) is 0. The summed E-state index contributed by atoms with van der Waals surface area (Å²) < 4.78 is 0. The van der Waals surface area contributed by atoms with E-state index in [4.69, 9.17) is 0 Å². The van der Waals surface area contributed by atoms with Crippen LogP contribution in [-0.2, 0) is 0 Å². The average Bonchev–Trinajstić information content (AvgIpc) is 3.14. The van der Waals surface area contributed by atoms with Crippen LogP contribution < -0.4 is 0 Å². The van der Waals surface area contributed by atoms with Gasteiger partial charge in [-0.3, -0.25) is 0 Å². The Morgan fingerprint density at radius 1 is 0.500 bits per heavy atom. The van der Waals surface area contributed by atoms with Gasteiger partial charge < -0.3 is 0 Å². The molecule has 2 nitrogen and oxygen atoms in total. The standard InChI is InChI=1S/C28H20N2/c1-2-10-22(11-3-1)23-18-16-21(17-19-23)9-8-20-29-30-28-26-14-6-4-12-24(26)25-13-5-7-15-27(25)28/h1-20H. The van der Waals surface area contributed by atoms with Crippen molar-refractivity contribution in [2.45, 2.75) is 0 Å². The fourth-order valence-electron chi connectivity index (χ4n) is 3.80. The van der Waals surface area contributed by atoms with Gasteiger partial charge in [0.1, 0.15) is 5.71 Å². The van der Waals surface area contributed by atoms with E-state index < -0.39 is 0 Å². The van der Waals surface area contributed by atoms with Crippen LogP contribution in [0.25, 0.3) is 28.3 Å². The molecule has 0 atom stereocenters. The molecule has 0 heterocycles. The predicted molar refractivity (Wildman–Crippen MR) is 127 cm³/mol. The van der Waals surface area contributed by atoms with E-state index in [1.807, 2.05) is 30.4 Å². The first-order chi connectivity index (χ1) is 14.9. The van der Waals surface area contributed by atoms with Crippen LogP contribution in [0, 0.1) is 0 Å². The molecular formula is C28H20N2. The number of fused-ring (bicyclic) bond motifs is 3. The molecule has 5 rings (SSSR count). The Kier molecular flexibility index (Phi) is 4.89. The van der Waals surface area contributed by atoms with E-state index >= 15 is 0 Å². The Hall–Kier alpha value is -4.04. The second kappa shape index (κ2) is 8.14. The topological polar surface area (TPSA) is 24.7 Å². The predicted octanol–water partition coefficient (Wildman–Crippen LogP) is 6.87. The summed E-state index contributed by atoms with van der Waals surface area (Å²) in [6, 6.07) is 35.6. The molecule has 4 aromatic carbocycles. The molecule has 4 aromatic rings. The smallest absolute Gasteiger partial charge is 0.101 e. The molecule has 0 unspecified atom stereocenters. The Morgan fingerprint density at radius 2 is 1.03 bits per heavy atom. The number of allylic oxidation sites excluding steroid dienone is 1. The van der Waals surface area contributed by atoms with Crippen LogP contribution in [0.4, 0.5) is 0 Å². The van der Waals surface area contributed by atoms with Crippen molar-refractivity contribution < 1.29 is 0 Å². The third-order valence-corrected chi connectivity index (χ3v) is 5.27. The first-order valence-electron chi connectivity index (χ1n) is 10.0. The van der Waals surface area contributed by atoms with Crippen molar-refractivity contribution in [1.29, 1.82) is 0 Å². The van der Waals surface area contributed by atoms with Gasteiger partial charge >= 0.3 is 0 Å². The van der Waals surface area contributed by atoms with E-state index in [0.29, 0.717) is 0 Å². The van der Waals surface area contributed by atoms with Gasteiger partial charge in [-0.15, -0.1) is 5.10 Å². The zero-order valence-electron chi connectivity index (χ0n) is 16.4. The van der Waals surface area contributed by atoms with Crippen LogP contribution >= 0.6 is 0 Å². The first kappa shape index (κ1) is 18.0. The molecule has 0 aliphatic heterocycles. The maximum Gasteiger partial charge on any atom is 0.101 e. The van der Waals surface area contributed by atoms with Crippen molar-refractivity contribution in [3.05, 3.63) is 126 Å². The minimum absolute atomic E-state index is 0.929. The summed E-state index contributed by atoms with van der Waals surface area (Å²) >= 11 is 0. The van der Waals surface area contributed by atoms with Crippen molar-refractivity contribution in [2.24, 2.45) is 10.2 Å². The molecular weight excluding hydrogens is 364 g/mol. The van der Waals surface area contributed by atoms with Crippen LogP contribution in [0.2, 0.25) is 0 Å². The van der Waals surface area contributed by atoms with Gasteiger partial charge in [0.2, 0.25) is 0 Å². The molecule has 0 fully saturated rings. The average molecular weight is 384 g/mol. The molecule has 142 valence electrons. The van der Waals surface area contributed by atoms with Crippen LogP contribution in [0.5, 0.6) is 0 Å². The van der Waals surface area contributed by atoms with Crippen molar-refractivity contribution in [3.8, 4) is 22.3 Å². The van der Waals surface area contributed by atoms with Gasteiger partial charge in [-0.2, -0.15) is 5.10 Å². The van der Waals surface area contributed by atoms with E-state index in [9.17, 15) is 0 Å². The maximum absolute atomic E-state index is 4.53. The molecule has 2 heteroatoms. The Bertz CT molecular complexity index is 1220. The fourth-order valence-corrected chi connectivity index (χ4v) is 3.80. The molecule has 30 heavy (non-hydrogen) atoms. The number of nitrogens with zero attached hydrogens (tertiary/aromatic N) is 2. The van der Waals surface area contributed by atoms with Gasteiger partial charge in [-0.05, 0) is 33.9 Å². The summed E-state index contributed by atoms with van der Waals surface area (Å²) in [7, 11) is 0. The van der Waals surface area contributed by atoms with Gasteiger partial charge in [-0.1, -0.05) is 109 Å². The van der Waals surface area contributed by atoms with Crippen molar-refractivity contribution in [3.63, 3.8) is 0 Å². The number of benzene rings is 4. The van der Waals surface area contributed by atoms with Gasteiger partial charge in [-0.25, -0.2) is 0 Å². The Morgan fingerprint density at radius 3 is 1.67 bits per heavy atom. The molecule has 0 spiro atoms. The lowest BCUT2D eigenvalue weighted by Gasteiger charge is -2.01. The highest BCUT2D eigenvalue weighted by molar-refractivity contribution is 6.24. The van der Waals surface area contributed by atoms with E-state index in [1.54, 1.807) is 6.21 Å². The Balaban J connectivity index is 1.33. The van der Waals surface area contributed by atoms with E-state index in [-0.39, 0.29) is 0 Å². The van der Waals surface area contributed by atoms with Crippen molar-refractivity contribution >= 4 is 18.0 Å². The van der Waals surface area contributed by atoms with Crippen molar-refractivity contribution in [2.75, 3.05) is 0 Å². The highest BCUT2D eigenvalue weighted by atomic mass is 15.2. The molecule has 1 aliphatic carbocycles. The second-order valence-electron chi connectivity index (χ2n) is 7.15. The van der Waals surface area contributed by atoms with Crippen LogP contribution in [0.1, 0.15) is 16.7 Å². The third-order valence-electron chi connectivity index (χ3n) is 5.27. The molecule has 0 saturated carbocycles. The molecule has 0 radical (unpaired) electrons. The van der Waals surface area contributed by atoms with E-state index in [1.165, 1.54) is 22.3 Å². The number of rotatable bonds is 4. The van der Waals surface area contributed by atoms with Gasteiger partial charge in [0.25, 0.3) is 0 Å². The van der Waals surface area contributed by atoms with Crippen LogP contribution in [-0.4, -0.2) is 11.9 Å². The summed E-state index contributed by atoms with van der Waals surface area (Å²) in [6.07, 6.45) is 5.70. The lowest BCUT2D eigenvalue weighted by molar-refractivity contribution is 1.25. The zero-order chi connectivity index (χ0) is 20.2. The monoisotopic (exact) mass is 384 g/mol. The minimum atomic E-state index is 0.929. The van der Waals surface area contributed by atoms with Gasteiger partial charge in [0.15, 0.2) is 0 Å². The fraction of sp³-hybridized carbons (Fsp3) is 0. The zero-order valence-corrected chi connectivity index (χ0v) is 16.4. The normalized spacial score (nSPS) is 12.3. The largest absolute Gasteiger partial charge is 0.159 e. The highest BCUT2D eigenvalue weighted by Crippen LogP contribution is 2.36. The molecule has 0 saturated heterocycles. The Labute approximate surface area is 176 Å². The van der Waals surface area contributed by atoms with Crippen molar-refractivity contribution in [1.82, 2.24) is 0 Å². The molecule has 0 bridgehead atoms. The van der Waals surface area contributed by atoms with E-state index in [2.05, 4.69) is 95.1 Å². The summed E-state index contributed by atoms with van der Waals surface area (Å²) in [5.41, 5.74) is 9.21. The lowest BCUT2D eigenvalue weighted by Crippen LogP contribution is -1.96. The van der Waals surface area contributed by atoms with Gasteiger partial charge in [0, 0.05) is 17.3 Å². The van der Waals surface area contributed by atoms with Crippen LogP contribution in [0.3, 0.4) is 0 Å². The lowest BCUT2D eigenvalue weighted by atomic mass is 10.0. The van der Waals surface area contributed by atoms with E-state index in [0.717, 1.165) is 22.4 Å². The highest BCUT2D eigenvalue weighted by Gasteiger charge is 2.23. The second-order valence-corrected chi connectivity index (χ2v) is 7.15. The molecule has 0 amide bonds. The minimum Gasteiger partial charge on any atom is -0.159 e. The number of hydrogen-bond acceptors (Lipinski definition) is 2. The third kappa shape index (κ3) is 3.51. The van der Waals surface area contributed by atoms with Gasteiger partial charge in [0.05, 0.1) is 0 Å². The summed E-state index contributed by atoms with van der Waals surface area (Å²) in [5, 5.41) is 8.83. The van der Waals surface area contributed by atoms with Crippen LogP contribution in [0.15, 0.2) is 119 Å². The molecule has 0 N–H and O–H groups in total. The molecule has 0 aromatic heterocycles. The SMILES string of the molecule is C(=Cc1ccc(-c2ccccc2)cc1)C=NN=C1c2ccccc2-c2ccccc21. The number of hydrogen-bond donors (Lipinski definition) is 0. The summed E-state index contributed by atoms with van der Waals surface area (Å²) in [4.78, 5) is 0. The first-order valence-corrected chi connectivity index (χ1v) is 10.0. The molecule has 1 aliphatic rings.